The molecule has 0 heterocycles. The summed E-state index contributed by atoms with van der Waals surface area (Å²) in [5.41, 5.74) is 0.327. The number of hydrogen-bond donors (Lipinski definition) is 1. The first-order chi connectivity index (χ1) is 7.85. The summed E-state index contributed by atoms with van der Waals surface area (Å²) in [5, 5.41) is 22.8. The van der Waals surface area contributed by atoms with Crippen LogP contribution in [0.25, 0.3) is 0 Å². The molecule has 0 saturated heterocycles. The normalized spacial score (nSPS) is 10.7. The molecule has 0 atom stereocenters. The second-order valence-electron chi connectivity index (χ2n) is 4.98. The minimum atomic E-state index is -0.524. The summed E-state index contributed by atoms with van der Waals surface area (Å²) in [7, 11) is 0. The molecule has 90 valence electrons. The van der Waals surface area contributed by atoms with E-state index in [4.69, 9.17) is 5.26 Å². The molecule has 0 aliphatic carbocycles. The van der Waals surface area contributed by atoms with Crippen molar-refractivity contribution < 1.29 is 4.92 Å². The van der Waals surface area contributed by atoms with E-state index in [0.717, 1.165) is 0 Å². The lowest BCUT2D eigenvalue weighted by Gasteiger charge is -2.19. The molecule has 0 saturated carbocycles. The lowest BCUT2D eigenvalue weighted by molar-refractivity contribution is -0.384. The van der Waals surface area contributed by atoms with Gasteiger partial charge in [0.05, 0.1) is 4.92 Å². The second kappa shape index (κ2) is 4.83. The zero-order chi connectivity index (χ0) is 13.1. The molecule has 1 aromatic rings. The van der Waals surface area contributed by atoms with Gasteiger partial charge in [0, 0.05) is 6.54 Å². The van der Waals surface area contributed by atoms with E-state index in [9.17, 15) is 10.1 Å². The Hall–Kier alpha value is -2.09. The van der Waals surface area contributed by atoms with E-state index < -0.39 is 4.92 Å². The molecule has 0 bridgehead atoms. The van der Waals surface area contributed by atoms with Crippen molar-refractivity contribution in [2.45, 2.75) is 20.8 Å². The van der Waals surface area contributed by atoms with Gasteiger partial charge in [-0.2, -0.15) is 5.26 Å². The Kier molecular flexibility index (Phi) is 3.69. The number of hydrogen-bond acceptors (Lipinski definition) is 4. The van der Waals surface area contributed by atoms with Crippen molar-refractivity contribution in [3.05, 3.63) is 33.9 Å². The predicted octanol–water partition coefficient (Wildman–Crippen LogP) is 2.92. The summed E-state index contributed by atoms with van der Waals surface area (Å²) in [6, 6.07) is 6.53. The Labute approximate surface area is 100 Å². The molecule has 5 heteroatoms. The van der Waals surface area contributed by atoms with E-state index in [2.05, 4.69) is 5.32 Å². The van der Waals surface area contributed by atoms with Crippen LogP contribution < -0.4 is 5.32 Å². The van der Waals surface area contributed by atoms with Crippen LogP contribution in [-0.2, 0) is 0 Å². The van der Waals surface area contributed by atoms with Crippen molar-refractivity contribution in [2.75, 3.05) is 11.9 Å². The minimum Gasteiger partial charge on any atom is -0.379 e. The average molecular weight is 233 g/mol. The van der Waals surface area contributed by atoms with Gasteiger partial charge in [-0.1, -0.05) is 26.8 Å². The zero-order valence-corrected chi connectivity index (χ0v) is 10.2. The van der Waals surface area contributed by atoms with Gasteiger partial charge in [-0.05, 0) is 17.5 Å². The molecule has 0 amide bonds. The summed E-state index contributed by atoms with van der Waals surface area (Å²) in [6.45, 7) is 6.68. The Balaban J connectivity index is 3.08. The average Bonchev–Trinajstić information content (AvgIpc) is 2.24. The number of anilines is 1. The number of nitrogens with one attached hydrogen (secondary N) is 1. The molecule has 0 aliphatic rings. The van der Waals surface area contributed by atoms with Crippen molar-refractivity contribution in [1.29, 1.82) is 5.26 Å². The number of para-hydroxylation sites is 1. The minimum absolute atomic E-state index is 0.0104. The summed E-state index contributed by atoms with van der Waals surface area (Å²) in [6.07, 6.45) is 0. The largest absolute Gasteiger partial charge is 0.379 e. The SMILES string of the molecule is CC(C)(C)CNc1cccc(C#N)c1[N+](=O)[O-]. The molecule has 1 N–H and O–H groups in total. The fraction of sp³-hybridized carbons (Fsp3) is 0.417. The van der Waals surface area contributed by atoms with Gasteiger partial charge in [0.25, 0.3) is 0 Å². The molecule has 0 unspecified atom stereocenters. The van der Waals surface area contributed by atoms with Crippen LogP contribution in [0.5, 0.6) is 0 Å². The monoisotopic (exact) mass is 233 g/mol. The molecule has 5 nitrogen and oxygen atoms in total. The Morgan fingerprint density at radius 3 is 2.59 bits per heavy atom. The summed E-state index contributed by atoms with van der Waals surface area (Å²) >= 11 is 0. The van der Waals surface area contributed by atoms with Crippen molar-refractivity contribution in [2.24, 2.45) is 5.41 Å². The first-order valence-electron chi connectivity index (χ1n) is 5.26. The highest BCUT2D eigenvalue weighted by atomic mass is 16.6. The van der Waals surface area contributed by atoms with Crippen molar-refractivity contribution in [1.82, 2.24) is 0 Å². The molecule has 0 radical (unpaired) electrons. The molecule has 17 heavy (non-hydrogen) atoms. The quantitative estimate of drug-likeness (QED) is 0.643. The summed E-state index contributed by atoms with van der Waals surface area (Å²) in [4.78, 5) is 10.4. The van der Waals surface area contributed by atoms with Crippen molar-refractivity contribution >= 4 is 11.4 Å². The topological polar surface area (TPSA) is 79.0 Å². The van der Waals surface area contributed by atoms with E-state index >= 15 is 0 Å². The number of benzene rings is 1. The number of nitriles is 1. The third-order valence-corrected chi connectivity index (χ3v) is 2.15. The second-order valence-corrected chi connectivity index (χ2v) is 4.98. The van der Waals surface area contributed by atoms with Crippen LogP contribution in [0.3, 0.4) is 0 Å². The lowest BCUT2D eigenvalue weighted by Crippen LogP contribution is -2.19. The lowest BCUT2D eigenvalue weighted by atomic mass is 9.97. The van der Waals surface area contributed by atoms with Crippen LogP contribution in [0.15, 0.2) is 18.2 Å². The van der Waals surface area contributed by atoms with Crippen LogP contribution in [0, 0.1) is 26.9 Å². The summed E-state index contributed by atoms with van der Waals surface area (Å²) in [5.74, 6) is 0. The van der Waals surface area contributed by atoms with Gasteiger partial charge >= 0.3 is 5.69 Å². The van der Waals surface area contributed by atoms with Gasteiger partial charge in [-0.25, -0.2) is 0 Å². The summed E-state index contributed by atoms with van der Waals surface area (Å²) < 4.78 is 0. The fourth-order valence-electron chi connectivity index (χ4n) is 1.33. The maximum absolute atomic E-state index is 10.9. The van der Waals surface area contributed by atoms with E-state index in [0.29, 0.717) is 12.2 Å². The van der Waals surface area contributed by atoms with E-state index in [-0.39, 0.29) is 16.7 Å². The van der Waals surface area contributed by atoms with E-state index in [1.165, 1.54) is 6.07 Å². The van der Waals surface area contributed by atoms with Gasteiger partial charge in [-0.3, -0.25) is 10.1 Å². The van der Waals surface area contributed by atoms with Crippen LogP contribution >= 0.6 is 0 Å². The first-order valence-corrected chi connectivity index (χ1v) is 5.26. The molecule has 1 aromatic carbocycles. The fourth-order valence-corrected chi connectivity index (χ4v) is 1.33. The maximum atomic E-state index is 10.9. The number of nitro benzene ring substituents is 1. The maximum Gasteiger partial charge on any atom is 0.309 e. The van der Waals surface area contributed by atoms with Gasteiger partial charge in [0.2, 0.25) is 0 Å². The van der Waals surface area contributed by atoms with Crippen LogP contribution in [0.4, 0.5) is 11.4 Å². The van der Waals surface area contributed by atoms with E-state index in [1.807, 2.05) is 26.8 Å². The van der Waals surface area contributed by atoms with Crippen LogP contribution in [-0.4, -0.2) is 11.5 Å². The van der Waals surface area contributed by atoms with E-state index in [1.54, 1.807) is 12.1 Å². The van der Waals surface area contributed by atoms with Crippen molar-refractivity contribution in [3.63, 3.8) is 0 Å². The standard InChI is InChI=1S/C12H15N3O2/c1-12(2,3)8-14-10-6-4-5-9(7-13)11(10)15(16)17/h4-6,14H,8H2,1-3H3. The third kappa shape index (κ3) is 3.45. The van der Waals surface area contributed by atoms with Gasteiger partial charge < -0.3 is 5.32 Å². The zero-order valence-electron chi connectivity index (χ0n) is 10.2. The third-order valence-electron chi connectivity index (χ3n) is 2.15. The number of nitrogens with zero attached hydrogens (tertiary/aromatic N) is 2. The first kappa shape index (κ1) is 13.0. The van der Waals surface area contributed by atoms with Gasteiger partial charge in [0.1, 0.15) is 17.3 Å². The van der Waals surface area contributed by atoms with Crippen LogP contribution in [0.2, 0.25) is 0 Å². The Bertz CT molecular complexity index is 470. The number of nitro groups is 1. The van der Waals surface area contributed by atoms with Gasteiger partial charge in [-0.15, -0.1) is 0 Å². The molecule has 1 rings (SSSR count). The molecule has 0 aromatic heterocycles. The van der Waals surface area contributed by atoms with Crippen molar-refractivity contribution in [3.8, 4) is 6.07 Å². The highest BCUT2D eigenvalue weighted by Crippen LogP contribution is 2.29. The Morgan fingerprint density at radius 2 is 2.12 bits per heavy atom. The number of rotatable bonds is 3. The van der Waals surface area contributed by atoms with Gasteiger partial charge in [0.15, 0.2) is 0 Å². The highest BCUT2D eigenvalue weighted by Gasteiger charge is 2.20. The molecular weight excluding hydrogens is 218 g/mol. The molecule has 0 fully saturated rings. The Morgan fingerprint density at radius 1 is 1.47 bits per heavy atom. The predicted molar refractivity (Wildman–Crippen MR) is 65.8 cm³/mol. The highest BCUT2D eigenvalue weighted by molar-refractivity contribution is 5.68. The molecule has 0 spiro atoms. The van der Waals surface area contributed by atoms with Crippen LogP contribution in [0.1, 0.15) is 26.3 Å². The molecular formula is C12H15N3O2. The molecule has 0 aliphatic heterocycles. The smallest absolute Gasteiger partial charge is 0.309 e.